The average molecular weight is 351 g/mol. The Labute approximate surface area is 152 Å². The van der Waals surface area contributed by atoms with Gasteiger partial charge in [0.2, 0.25) is 0 Å². The number of pyridine rings is 1. The fourth-order valence-electron chi connectivity index (χ4n) is 3.74. The van der Waals surface area contributed by atoms with E-state index in [1.54, 1.807) is 0 Å². The molecule has 0 bridgehead atoms. The second-order valence-corrected chi connectivity index (χ2v) is 7.73. The van der Waals surface area contributed by atoms with Crippen molar-refractivity contribution >= 4 is 5.65 Å². The predicted octanol–water partition coefficient (Wildman–Crippen LogP) is 4.31. The van der Waals surface area contributed by atoms with Crippen LogP contribution in [0.5, 0.6) is 5.75 Å². The summed E-state index contributed by atoms with van der Waals surface area (Å²) >= 11 is 0. The van der Waals surface area contributed by atoms with E-state index in [1.807, 2.05) is 31.3 Å². The molecule has 1 aromatic carbocycles. The first-order valence-corrected chi connectivity index (χ1v) is 9.40. The molecule has 0 spiro atoms. The van der Waals surface area contributed by atoms with E-state index >= 15 is 0 Å². The van der Waals surface area contributed by atoms with E-state index in [2.05, 4.69) is 14.6 Å². The van der Waals surface area contributed by atoms with Crippen molar-refractivity contribution in [3.05, 3.63) is 59.3 Å². The summed E-state index contributed by atoms with van der Waals surface area (Å²) in [6.45, 7) is 2.73. The van der Waals surface area contributed by atoms with Crippen molar-refractivity contribution < 1.29 is 9.13 Å². The monoisotopic (exact) mass is 351 g/mol. The van der Waals surface area contributed by atoms with Crippen LogP contribution in [0.15, 0.2) is 36.5 Å². The molecular formula is C21H22FN3O. The van der Waals surface area contributed by atoms with E-state index in [9.17, 15) is 4.39 Å². The van der Waals surface area contributed by atoms with Crippen molar-refractivity contribution in [2.75, 3.05) is 6.61 Å². The van der Waals surface area contributed by atoms with E-state index in [0.29, 0.717) is 18.4 Å². The Morgan fingerprint density at radius 1 is 1.15 bits per heavy atom. The minimum atomic E-state index is -0.180. The highest BCUT2D eigenvalue weighted by Crippen LogP contribution is 2.47. The SMILES string of the molecule is Cc1c(OC[C@@H]2C[C@H]2c2ccc(F)cc2)ccn2c(CC3CC3)nnc12. The maximum absolute atomic E-state index is 13.0. The first kappa shape index (κ1) is 15.8. The summed E-state index contributed by atoms with van der Waals surface area (Å²) in [4.78, 5) is 0. The number of rotatable bonds is 6. The molecule has 2 saturated carbocycles. The Morgan fingerprint density at radius 2 is 1.96 bits per heavy atom. The third kappa shape index (κ3) is 2.96. The van der Waals surface area contributed by atoms with Gasteiger partial charge >= 0.3 is 0 Å². The lowest BCUT2D eigenvalue weighted by atomic mass is 10.1. The molecule has 26 heavy (non-hydrogen) atoms. The van der Waals surface area contributed by atoms with Crippen molar-refractivity contribution in [3.8, 4) is 5.75 Å². The largest absolute Gasteiger partial charge is 0.493 e. The highest BCUT2D eigenvalue weighted by atomic mass is 19.1. The number of hydrogen-bond donors (Lipinski definition) is 0. The van der Waals surface area contributed by atoms with E-state index < -0.39 is 0 Å². The number of benzene rings is 1. The average Bonchev–Trinajstić information content (AvgIpc) is 3.55. The number of hydrogen-bond acceptors (Lipinski definition) is 3. The Bertz CT molecular complexity index is 946. The smallest absolute Gasteiger partial charge is 0.167 e. The zero-order valence-electron chi connectivity index (χ0n) is 14.9. The molecule has 0 aliphatic heterocycles. The molecule has 0 saturated heterocycles. The lowest BCUT2D eigenvalue weighted by molar-refractivity contribution is 0.295. The lowest BCUT2D eigenvalue weighted by Gasteiger charge is -2.10. The minimum absolute atomic E-state index is 0.180. The van der Waals surface area contributed by atoms with Gasteiger partial charge in [0, 0.05) is 24.1 Å². The molecule has 5 heteroatoms. The highest BCUT2D eigenvalue weighted by molar-refractivity contribution is 5.54. The van der Waals surface area contributed by atoms with Crippen LogP contribution in [0.3, 0.4) is 0 Å². The number of nitrogens with zero attached hydrogens (tertiary/aromatic N) is 3. The third-order valence-electron chi connectivity index (χ3n) is 5.69. The third-order valence-corrected chi connectivity index (χ3v) is 5.69. The van der Waals surface area contributed by atoms with Gasteiger partial charge in [0.1, 0.15) is 17.4 Å². The molecule has 5 rings (SSSR count). The Balaban J connectivity index is 1.26. The number of ether oxygens (including phenoxy) is 1. The van der Waals surface area contributed by atoms with E-state index in [4.69, 9.17) is 4.74 Å². The molecule has 0 N–H and O–H groups in total. The normalized spacial score (nSPS) is 21.9. The topological polar surface area (TPSA) is 39.4 Å². The standard InChI is InChI=1S/C21H22FN3O/c1-13-19(8-9-25-20(10-14-2-3-14)23-24-21(13)25)26-12-16-11-18(16)15-4-6-17(22)7-5-15/h4-9,14,16,18H,2-3,10-12H2,1H3/t16-,18-/m0/s1. The van der Waals surface area contributed by atoms with Gasteiger partial charge in [0.15, 0.2) is 5.65 Å². The summed E-state index contributed by atoms with van der Waals surface area (Å²) in [6, 6.07) is 8.86. The summed E-state index contributed by atoms with van der Waals surface area (Å²) in [6.07, 6.45) is 6.77. The van der Waals surface area contributed by atoms with Crippen molar-refractivity contribution in [1.82, 2.24) is 14.6 Å². The van der Waals surface area contributed by atoms with Crippen molar-refractivity contribution in [3.63, 3.8) is 0 Å². The number of halogens is 1. The molecule has 2 aliphatic rings. The molecule has 2 aromatic heterocycles. The van der Waals surface area contributed by atoms with Crippen LogP contribution in [-0.4, -0.2) is 21.2 Å². The fourth-order valence-corrected chi connectivity index (χ4v) is 3.74. The lowest BCUT2D eigenvalue weighted by Crippen LogP contribution is -2.04. The summed E-state index contributed by atoms with van der Waals surface area (Å²) in [5.74, 6) is 3.53. The summed E-state index contributed by atoms with van der Waals surface area (Å²) in [5, 5.41) is 8.74. The van der Waals surface area contributed by atoms with Gasteiger partial charge in [-0.15, -0.1) is 10.2 Å². The number of fused-ring (bicyclic) bond motifs is 1. The zero-order chi connectivity index (χ0) is 17.7. The van der Waals surface area contributed by atoms with Gasteiger partial charge in [-0.1, -0.05) is 12.1 Å². The Morgan fingerprint density at radius 3 is 2.73 bits per heavy atom. The van der Waals surface area contributed by atoms with Crippen molar-refractivity contribution in [2.45, 2.75) is 38.5 Å². The van der Waals surface area contributed by atoms with Gasteiger partial charge in [-0.3, -0.25) is 4.40 Å². The van der Waals surface area contributed by atoms with Crippen LogP contribution in [0.25, 0.3) is 5.65 Å². The second-order valence-electron chi connectivity index (χ2n) is 7.73. The Hall–Kier alpha value is -2.43. The maximum atomic E-state index is 13.0. The van der Waals surface area contributed by atoms with Crippen LogP contribution in [0.2, 0.25) is 0 Å². The van der Waals surface area contributed by atoms with Crippen LogP contribution in [0, 0.1) is 24.6 Å². The van der Waals surface area contributed by atoms with Crippen LogP contribution < -0.4 is 4.74 Å². The van der Waals surface area contributed by atoms with E-state index in [1.165, 1.54) is 30.5 Å². The molecule has 4 nitrogen and oxygen atoms in total. The molecule has 3 aromatic rings. The maximum Gasteiger partial charge on any atom is 0.167 e. The van der Waals surface area contributed by atoms with Gasteiger partial charge in [-0.25, -0.2) is 4.39 Å². The van der Waals surface area contributed by atoms with Gasteiger partial charge in [0.05, 0.1) is 6.61 Å². The summed E-state index contributed by atoms with van der Waals surface area (Å²) < 4.78 is 21.2. The van der Waals surface area contributed by atoms with Crippen molar-refractivity contribution in [2.24, 2.45) is 11.8 Å². The van der Waals surface area contributed by atoms with Crippen LogP contribution in [-0.2, 0) is 6.42 Å². The molecule has 0 radical (unpaired) electrons. The highest BCUT2D eigenvalue weighted by Gasteiger charge is 2.38. The van der Waals surface area contributed by atoms with Gasteiger partial charge in [-0.05, 0) is 61.8 Å². The molecule has 2 atom stereocenters. The number of aromatic nitrogens is 3. The fraction of sp³-hybridized carbons (Fsp3) is 0.429. The molecule has 134 valence electrons. The molecule has 0 unspecified atom stereocenters. The first-order valence-electron chi connectivity index (χ1n) is 9.40. The molecule has 2 fully saturated rings. The predicted molar refractivity (Wildman–Crippen MR) is 96.9 cm³/mol. The van der Waals surface area contributed by atoms with Crippen LogP contribution in [0.1, 0.15) is 42.1 Å². The summed E-state index contributed by atoms with van der Waals surface area (Å²) in [5.41, 5.74) is 3.14. The zero-order valence-corrected chi connectivity index (χ0v) is 14.9. The van der Waals surface area contributed by atoms with E-state index in [-0.39, 0.29) is 5.82 Å². The molecule has 2 heterocycles. The van der Waals surface area contributed by atoms with Gasteiger partial charge in [0.25, 0.3) is 0 Å². The molecule has 0 amide bonds. The minimum Gasteiger partial charge on any atom is -0.493 e. The molecular weight excluding hydrogens is 329 g/mol. The molecule has 2 aliphatic carbocycles. The van der Waals surface area contributed by atoms with Gasteiger partial charge in [-0.2, -0.15) is 0 Å². The van der Waals surface area contributed by atoms with Crippen LogP contribution in [0.4, 0.5) is 4.39 Å². The van der Waals surface area contributed by atoms with Crippen molar-refractivity contribution in [1.29, 1.82) is 0 Å². The first-order chi connectivity index (χ1) is 12.7. The summed E-state index contributed by atoms with van der Waals surface area (Å²) in [7, 11) is 0. The van der Waals surface area contributed by atoms with Gasteiger partial charge < -0.3 is 4.74 Å². The number of aryl methyl sites for hydroxylation is 1. The Kier molecular flexibility index (Phi) is 3.69. The van der Waals surface area contributed by atoms with Crippen LogP contribution >= 0.6 is 0 Å². The second kappa shape index (κ2) is 6.08. The van der Waals surface area contributed by atoms with E-state index in [0.717, 1.165) is 41.5 Å². The quantitative estimate of drug-likeness (QED) is 0.664.